The Hall–Kier alpha value is -1.85. The molecule has 6 atom stereocenters. The van der Waals surface area contributed by atoms with Crippen molar-refractivity contribution in [1.29, 1.82) is 0 Å². The van der Waals surface area contributed by atoms with E-state index in [1.165, 1.54) is 0 Å². The molecule has 0 amide bonds. The lowest BCUT2D eigenvalue weighted by Crippen LogP contribution is -2.24. The van der Waals surface area contributed by atoms with Crippen LogP contribution in [0, 0.1) is 17.8 Å². The Morgan fingerprint density at radius 1 is 1.32 bits per heavy atom. The predicted molar refractivity (Wildman–Crippen MR) is 107 cm³/mol. The molecule has 2 fully saturated rings. The summed E-state index contributed by atoms with van der Waals surface area (Å²) in [7, 11) is 0. The number of para-hydroxylation sites is 1. The molecule has 0 bridgehead atoms. The highest BCUT2D eigenvalue weighted by atomic mass is 16.5. The number of aliphatic hydroxyl groups excluding tert-OH is 1. The van der Waals surface area contributed by atoms with Gasteiger partial charge in [0, 0.05) is 6.42 Å². The van der Waals surface area contributed by atoms with E-state index in [2.05, 4.69) is 13.0 Å². The molecule has 3 rings (SSSR count). The van der Waals surface area contributed by atoms with E-state index in [9.17, 15) is 9.90 Å². The number of allylic oxidation sites excluding steroid dienone is 1. The molecule has 1 saturated carbocycles. The molecule has 28 heavy (non-hydrogen) atoms. The van der Waals surface area contributed by atoms with Gasteiger partial charge in [0.25, 0.3) is 0 Å². The minimum atomic E-state index is -0.753. The number of ether oxygens (including phenoxy) is 2. The summed E-state index contributed by atoms with van der Waals surface area (Å²) in [5.74, 6) is 1.33. The smallest absolute Gasteiger partial charge is 0.303 e. The van der Waals surface area contributed by atoms with Gasteiger partial charge in [0.05, 0.1) is 12.2 Å². The third-order valence-electron chi connectivity index (χ3n) is 6.06. The summed E-state index contributed by atoms with van der Waals surface area (Å²) in [5, 5.41) is 19.2. The van der Waals surface area contributed by atoms with Gasteiger partial charge in [0.2, 0.25) is 0 Å². The van der Waals surface area contributed by atoms with Gasteiger partial charge in [-0.2, -0.15) is 0 Å². The third-order valence-corrected chi connectivity index (χ3v) is 6.06. The van der Waals surface area contributed by atoms with Gasteiger partial charge < -0.3 is 19.7 Å². The zero-order chi connectivity index (χ0) is 19.9. The molecule has 0 radical (unpaired) electrons. The van der Waals surface area contributed by atoms with Crippen LogP contribution < -0.4 is 4.74 Å². The van der Waals surface area contributed by atoms with Crippen molar-refractivity contribution in [2.24, 2.45) is 17.8 Å². The van der Waals surface area contributed by atoms with E-state index in [4.69, 9.17) is 14.6 Å². The van der Waals surface area contributed by atoms with Crippen molar-refractivity contribution in [3.63, 3.8) is 0 Å². The zero-order valence-corrected chi connectivity index (χ0v) is 16.6. The van der Waals surface area contributed by atoms with Crippen molar-refractivity contribution >= 4 is 5.97 Å². The molecule has 1 saturated heterocycles. The fourth-order valence-electron chi connectivity index (χ4n) is 4.64. The molecule has 0 unspecified atom stereocenters. The standard InChI is InChI=1S/C23H32O5/c1-16-14-22-21(9-5-8-19(28-22)11-13-23(25)26)20(16)12-10-17(24)15-27-18-6-3-2-4-7-18/h2-4,6-7,10,12,16-17,19-22,24H,5,8-9,11,13-15H2,1H3,(H,25,26)/b12-10+/t16-,17-,19-,20+,21-,22+/m1/s1. The number of rotatable bonds is 8. The van der Waals surface area contributed by atoms with Crippen molar-refractivity contribution in [3.05, 3.63) is 42.5 Å². The van der Waals surface area contributed by atoms with Crippen LogP contribution in [-0.4, -0.2) is 41.1 Å². The molecule has 1 aliphatic carbocycles. The largest absolute Gasteiger partial charge is 0.491 e. The van der Waals surface area contributed by atoms with Crippen LogP contribution in [0.4, 0.5) is 0 Å². The maximum Gasteiger partial charge on any atom is 0.303 e. The van der Waals surface area contributed by atoms with Crippen LogP contribution in [-0.2, 0) is 9.53 Å². The summed E-state index contributed by atoms with van der Waals surface area (Å²) in [6, 6.07) is 9.51. The number of aliphatic carboxylic acids is 1. The molecule has 5 nitrogen and oxygen atoms in total. The van der Waals surface area contributed by atoms with Gasteiger partial charge in [-0.05, 0) is 55.6 Å². The third kappa shape index (κ3) is 5.82. The van der Waals surface area contributed by atoms with E-state index >= 15 is 0 Å². The Kier molecular flexibility index (Phi) is 7.51. The molecule has 5 heteroatoms. The molecule has 1 aliphatic heterocycles. The number of carboxylic acid groups (broad SMARTS) is 1. The summed E-state index contributed by atoms with van der Waals surface area (Å²) in [4.78, 5) is 10.9. The zero-order valence-electron chi connectivity index (χ0n) is 16.6. The second kappa shape index (κ2) is 10.1. The van der Waals surface area contributed by atoms with Crippen LogP contribution in [0.3, 0.4) is 0 Å². The van der Waals surface area contributed by atoms with Crippen molar-refractivity contribution < 1.29 is 24.5 Å². The fourth-order valence-corrected chi connectivity index (χ4v) is 4.64. The number of carboxylic acids is 1. The lowest BCUT2D eigenvalue weighted by Gasteiger charge is -2.23. The molecule has 0 aromatic heterocycles. The van der Waals surface area contributed by atoms with Gasteiger partial charge in [0.15, 0.2) is 0 Å². The van der Waals surface area contributed by atoms with Crippen molar-refractivity contribution in [3.8, 4) is 5.75 Å². The van der Waals surface area contributed by atoms with Gasteiger partial charge in [-0.1, -0.05) is 43.7 Å². The number of benzene rings is 1. The van der Waals surface area contributed by atoms with E-state index < -0.39 is 12.1 Å². The molecule has 1 aromatic carbocycles. The van der Waals surface area contributed by atoms with Crippen LogP contribution in [0.5, 0.6) is 5.75 Å². The Morgan fingerprint density at radius 3 is 2.86 bits per heavy atom. The Bertz CT molecular complexity index is 644. The molecule has 2 N–H and O–H groups in total. The number of aliphatic hydroxyl groups is 1. The number of hydrogen-bond donors (Lipinski definition) is 2. The van der Waals surface area contributed by atoms with Crippen molar-refractivity contribution in [2.75, 3.05) is 6.61 Å². The Balaban J connectivity index is 1.52. The highest BCUT2D eigenvalue weighted by Gasteiger charge is 2.42. The van der Waals surface area contributed by atoms with Gasteiger partial charge in [-0.15, -0.1) is 0 Å². The molecule has 1 heterocycles. The quantitative estimate of drug-likeness (QED) is 0.657. The summed E-state index contributed by atoms with van der Waals surface area (Å²) in [6.45, 7) is 2.48. The normalized spacial score (nSPS) is 31.3. The lowest BCUT2D eigenvalue weighted by atomic mass is 9.86. The highest BCUT2D eigenvalue weighted by Crippen LogP contribution is 2.45. The first-order valence-electron chi connectivity index (χ1n) is 10.4. The van der Waals surface area contributed by atoms with E-state index in [1.54, 1.807) is 0 Å². The summed E-state index contributed by atoms with van der Waals surface area (Å²) >= 11 is 0. The maximum atomic E-state index is 10.9. The first kappa shape index (κ1) is 20.9. The van der Waals surface area contributed by atoms with E-state index in [0.29, 0.717) is 24.2 Å². The van der Waals surface area contributed by atoms with Crippen molar-refractivity contribution in [1.82, 2.24) is 0 Å². The van der Waals surface area contributed by atoms with E-state index in [-0.39, 0.29) is 25.2 Å². The number of hydrogen-bond acceptors (Lipinski definition) is 4. The number of carbonyl (C=O) groups is 1. The van der Waals surface area contributed by atoms with Crippen LogP contribution in [0.25, 0.3) is 0 Å². The maximum absolute atomic E-state index is 10.9. The molecule has 0 spiro atoms. The second-order valence-electron chi connectivity index (χ2n) is 8.19. The van der Waals surface area contributed by atoms with Gasteiger partial charge >= 0.3 is 5.97 Å². The second-order valence-corrected chi connectivity index (χ2v) is 8.19. The molecule has 1 aromatic rings. The first-order chi connectivity index (χ1) is 13.5. The van der Waals surface area contributed by atoms with Crippen LogP contribution >= 0.6 is 0 Å². The molecule has 2 aliphatic rings. The van der Waals surface area contributed by atoms with E-state index in [0.717, 1.165) is 31.4 Å². The first-order valence-corrected chi connectivity index (χ1v) is 10.4. The van der Waals surface area contributed by atoms with Crippen molar-refractivity contribution in [2.45, 2.75) is 63.8 Å². The fraction of sp³-hybridized carbons (Fsp3) is 0.609. The van der Waals surface area contributed by atoms with Crippen LogP contribution in [0.2, 0.25) is 0 Å². The average molecular weight is 389 g/mol. The molecule has 154 valence electrons. The minimum Gasteiger partial charge on any atom is -0.491 e. The molecular weight excluding hydrogens is 356 g/mol. The Labute approximate surface area is 167 Å². The predicted octanol–water partition coefficient (Wildman–Crippen LogP) is 4.06. The van der Waals surface area contributed by atoms with Gasteiger partial charge in [-0.25, -0.2) is 0 Å². The summed E-state index contributed by atoms with van der Waals surface area (Å²) in [5.41, 5.74) is 0. The van der Waals surface area contributed by atoms with E-state index in [1.807, 2.05) is 36.4 Å². The Morgan fingerprint density at radius 2 is 2.11 bits per heavy atom. The summed E-state index contributed by atoms with van der Waals surface area (Å²) < 4.78 is 11.9. The number of fused-ring (bicyclic) bond motifs is 1. The van der Waals surface area contributed by atoms with Crippen LogP contribution in [0.15, 0.2) is 42.5 Å². The summed E-state index contributed by atoms with van der Waals surface area (Å²) in [6.07, 6.45) is 8.52. The SMILES string of the molecule is C[C@@H]1C[C@@H]2O[C@@H](CCC(=O)O)CCC[C@@H]2[C@H]1/C=C/[C@@H](O)COc1ccccc1. The van der Waals surface area contributed by atoms with Gasteiger partial charge in [0.1, 0.15) is 18.5 Å². The lowest BCUT2D eigenvalue weighted by molar-refractivity contribution is -0.138. The molecular formula is C23H32O5. The highest BCUT2D eigenvalue weighted by molar-refractivity contribution is 5.66. The van der Waals surface area contributed by atoms with Gasteiger partial charge in [-0.3, -0.25) is 4.79 Å². The monoisotopic (exact) mass is 388 g/mol. The topological polar surface area (TPSA) is 76.0 Å². The van der Waals surface area contributed by atoms with Crippen LogP contribution in [0.1, 0.15) is 45.4 Å². The average Bonchev–Trinajstić information content (AvgIpc) is 2.84. The minimum absolute atomic E-state index is 0.0610.